The highest BCUT2D eigenvalue weighted by molar-refractivity contribution is 6.07. The van der Waals surface area contributed by atoms with Crippen LogP contribution in [0.15, 0.2) is 48.5 Å². The van der Waals surface area contributed by atoms with Crippen LogP contribution in [0.3, 0.4) is 0 Å². The normalized spacial score (nSPS) is 14.6. The summed E-state index contributed by atoms with van der Waals surface area (Å²) >= 11 is 0. The third-order valence-electron chi connectivity index (χ3n) is 3.91. The van der Waals surface area contributed by atoms with Gasteiger partial charge in [0.15, 0.2) is 17.4 Å². The van der Waals surface area contributed by atoms with E-state index in [9.17, 15) is 18.4 Å². The molecule has 0 unspecified atom stereocenters. The molecule has 3 rings (SSSR count). The molecular weight excluding hydrogens is 312 g/mol. The van der Waals surface area contributed by atoms with Gasteiger partial charge in [-0.1, -0.05) is 12.1 Å². The first-order valence-electron chi connectivity index (χ1n) is 7.62. The Morgan fingerprint density at radius 3 is 2.42 bits per heavy atom. The molecule has 0 saturated carbocycles. The number of halogens is 2. The Bertz CT molecular complexity index is 813. The van der Waals surface area contributed by atoms with E-state index in [-0.39, 0.29) is 11.7 Å². The lowest BCUT2D eigenvalue weighted by atomic mass is 10.1. The lowest BCUT2D eigenvalue weighted by Gasteiger charge is -2.15. The molecule has 0 radical (unpaired) electrons. The highest BCUT2D eigenvalue weighted by Gasteiger charge is 2.21. The molecule has 1 aliphatic heterocycles. The molecule has 0 bridgehead atoms. The number of nitrogens with zero attached hydrogens (tertiary/aromatic N) is 1. The summed E-state index contributed by atoms with van der Waals surface area (Å²) < 4.78 is 26.0. The van der Waals surface area contributed by atoms with Crippen LogP contribution in [0.5, 0.6) is 0 Å². The van der Waals surface area contributed by atoms with Gasteiger partial charge in [-0.2, -0.15) is 0 Å². The topological polar surface area (TPSA) is 37.4 Å². The van der Waals surface area contributed by atoms with Gasteiger partial charge in [-0.3, -0.25) is 9.59 Å². The molecule has 1 saturated heterocycles. The van der Waals surface area contributed by atoms with E-state index in [2.05, 4.69) is 0 Å². The van der Waals surface area contributed by atoms with Gasteiger partial charge in [-0.15, -0.1) is 0 Å². The lowest BCUT2D eigenvalue weighted by molar-refractivity contribution is -0.117. The van der Waals surface area contributed by atoms with Crippen LogP contribution in [0.2, 0.25) is 0 Å². The van der Waals surface area contributed by atoms with Crippen molar-refractivity contribution >= 4 is 23.5 Å². The van der Waals surface area contributed by atoms with Gasteiger partial charge < -0.3 is 4.90 Å². The quantitative estimate of drug-likeness (QED) is 0.629. The van der Waals surface area contributed by atoms with Crippen molar-refractivity contribution < 1.29 is 18.4 Å². The van der Waals surface area contributed by atoms with Crippen LogP contribution in [0.1, 0.15) is 28.8 Å². The van der Waals surface area contributed by atoms with Crippen molar-refractivity contribution in [1.29, 1.82) is 0 Å². The van der Waals surface area contributed by atoms with Crippen LogP contribution in [-0.2, 0) is 4.79 Å². The highest BCUT2D eigenvalue weighted by Crippen LogP contribution is 2.22. The Morgan fingerprint density at radius 2 is 1.79 bits per heavy atom. The second-order valence-corrected chi connectivity index (χ2v) is 5.57. The second kappa shape index (κ2) is 6.74. The van der Waals surface area contributed by atoms with Crippen LogP contribution in [0.25, 0.3) is 6.08 Å². The molecule has 2 aromatic rings. The van der Waals surface area contributed by atoms with Gasteiger partial charge in [0, 0.05) is 24.2 Å². The maximum absolute atomic E-state index is 13.1. The number of hydrogen-bond acceptors (Lipinski definition) is 2. The minimum atomic E-state index is -0.954. The predicted octanol–water partition coefficient (Wildman–Crippen LogP) is 3.99. The minimum absolute atomic E-state index is 0.0901. The molecule has 1 fully saturated rings. The SMILES string of the molecule is O=C(/C=C/c1ccc(F)c(F)c1)c1ccc(N2CCCC2=O)cc1. The van der Waals surface area contributed by atoms with Crippen molar-refractivity contribution in [3.63, 3.8) is 0 Å². The summed E-state index contributed by atoms with van der Waals surface area (Å²) in [5.41, 5.74) is 1.64. The van der Waals surface area contributed by atoms with Gasteiger partial charge >= 0.3 is 0 Å². The van der Waals surface area contributed by atoms with Crippen molar-refractivity contribution in [3.8, 4) is 0 Å². The van der Waals surface area contributed by atoms with Gasteiger partial charge in [-0.25, -0.2) is 8.78 Å². The summed E-state index contributed by atoms with van der Waals surface area (Å²) in [6, 6.07) is 10.2. The Balaban J connectivity index is 1.71. The number of amides is 1. The maximum atomic E-state index is 13.1. The monoisotopic (exact) mass is 327 g/mol. The molecule has 0 atom stereocenters. The highest BCUT2D eigenvalue weighted by atomic mass is 19.2. The summed E-state index contributed by atoms with van der Waals surface area (Å²) in [5.74, 6) is -2.04. The first kappa shape index (κ1) is 16.1. The number of carbonyl (C=O) groups is 2. The van der Waals surface area contributed by atoms with Gasteiger partial charge in [0.25, 0.3) is 0 Å². The smallest absolute Gasteiger partial charge is 0.227 e. The summed E-state index contributed by atoms with van der Waals surface area (Å²) in [6.45, 7) is 0.697. The molecular formula is C19H15F2NO2. The van der Waals surface area contributed by atoms with E-state index in [1.807, 2.05) is 0 Å². The number of benzene rings is 2. The molecule has 24 heavy (non-hydrogen) atoms. The van der Waals surface area contributed by atoms with Crippen LogP contribution in [-0.4, -0.2) is 18.2 Å². The van der Waals surface area contributed by atoms with Crippen molar-refractivity contribution in [2.45, 2.75) is 12.8 Å². The molecule has 1 amide bonds. The van der Waals surface area contributed by atoms with Crippen molar-refractivity contribution in [2.75, 3.05) is 11.4 Å². The zero-order chi connectivity index (χ0) is 17.1. The Labute approximate surface area is 138 Å². The van der Waals surface area contributed by atoms with E-state index >= 15 is 0 Å². The zero-order valence-corrected chi connectivity index (χ0v) is 12.8. The van der Waals surface area contributed by atoms with Crippen molar-refractivity contribution in [3.05, 3.63) is 71.3 Å². The maximum Gasteiger partial charge on any atom is 0.227 e. The fourth-order valence-corrected chi connectivity index (χ4v) is 2.61. The van der Waals surface area contributed by atoms with Gasteiger partial charge in [0.05, 0.1) is 0 Å². The predicted molar refractivity (Wildman–Crippen MR) is 87.8 cm³/mol. The Kier molecular flexibility index (Phi) is 4.51. The Morgan fingerprint density at radius 1 is 1.04 bits per heavy atom. The summed E-state index contributed by atoms with van der Waals surface area (Å²) in [5, 5.41) is 0. The fourth-order valence-electron chi connectivity index (χ4n) is 2.61. The first-order valence-corrected chi connectivity index (χ1v) is 7.62. The van der Waals surface area contributed by atoms with Crippen molar-refractivity contribution in [1.82, 2.24) is 0 Å². The van der Waals surface area contributed by atoms with E-state index in [4.69, 9.17) is 0 Å². The number of rotatable bonds is 4. The molecule has 1 aliphatic rings. The molecule has 0 aliphatic carbocycles. The van der Waals surface area contributed by atoms with Crippen molar-refractivity contribution in [2.24, 2.45) is 0 Å². The summed E-state index contributed by atoms with van der Waals surface area (Å²) in [6.07, 6.45) is 4.14. The molecule has 0 spiro atoms. The first-order chi connectivity index (χ1) is 11.5. The van der Waals surface area contributed by atoms with Crippen LogP contribution >= 0.6 is 0 Å². The average molecular weight is 327 g/mol. The number of hydrogen-bond donors (Lipinski definition) is 0. The standard InChI is InChI=1S/C19H15F2NO2/c20-16-9-3-13(12-17(16)21)4-10-18(23)14-5-7-15(8-6-14)22-11-1-2-19(22)24/h3-10,12H,1-2,11H2/b10-4+. The third-order valence-corrected chi connectivity index (χ3v) is 3.91. The fraction of sp³-hybridized carbons (Fsp3) is 0.158. The molecule has 2 aromatic carbocycles. The van der Waals surface area contributed by atoms with Crippen LogP contribution in [0, 0.1) is 11.6 Å². The molecule has 5 heteroatoms. The summed E-state index contributed by atoms with van der Waals surface area (Å²) in [7, 11) is 0. The van der Waals surface area contributed by atoms with Crippen LogP contribution < -0.4 is 4.90 Å². The van der Waals surface area contributed by atoms with E-state index < -0.39 is 11.6 Å². The van der Waals surface area contributed by atoms with E-state index in [1.54, 1.807) is 29.2 Å². The van der Waals surface area contributed by atoms with Gasteiger partial charge in [0.1, 0.15) is 0 Å². The van der Waals surface area contributed by atoms with E-state index in [0.717, 1.165) is 24.2 Å². The third kappa shape index (κ3) is 3.40. The van der Waals surface area contributed by atoms with Gasteiger partial charge in [-0.05, 0) is 54.5 Å². The molecule has 3 nitrogen and oxygen atoms in total. The van der Waals surface area contributed by atoms with E-state index in [0.29, 0.717) is 24.1 Å². The minimum Gasteiger partial charge on any atom is -0.312 e. The molecule has 122 valence electrons. The lowest BCUT2D eigenvalue weighted by Crippen LogP contribution is -2.23. The Hall–Kier alpha value is -2.82. The largest absolute Gasteiger partial charge is 0.312 e. The number of anilines is 1. The average Bonchev–Trinajstić information content (AvgIpc) is 3.02. The van der Waals surface area contributed by atoms with E-state index in [1.165, 1.54) is 18.2 Å². The number of ketones is 1. The molecule has 1 heterocycles. The number of carbonyl (C=O) groups excluding carboxylic acids is 2. The summed E-state index contributed by atoms with van der Waals surface area (Å²) in [4.78, 5) is 25.5. The molecule has 0 aromatic heterocycles. The second-order valence-electron chi connectivity index (χ2n) is 5.57. The van der Waals surface area contributed by atoms with Crippen LogP contribution in [0.4, 0.5) is 14.5 Å². The molecule has 0 N–H and O–H groups in total. The zero-order valence-electron chi connectivity index (χ0n) is 12.8. The number of allylic oxidation sites excluding steroid dienone is 1. The van der Waals surface area contributed by atoms with Gasteiger partial charge in [0.2, 0.25) is 5.91 Å².